The van der Waals surface area contributed by atoms with E-state index in [0.717, 1.165) is 29.7 Å². The van der Waals surface area contributed by atoms with Gasteiger partial charge in [-0.1, -0.05) is 36.4 Å². The number of allylic oxidation sites excluding steroid dienone is 1. The Hall–Kier alpha value is -3.80. The summed E-state index contributed by atoms with van der Waals surface area (Å²) < 4.78 is 13.0. The van der Waals surface area contributed by atoms with Crippen molar-refractivity contribution in [2.75, 3.05) is 6.61 Å². The number of carbonyl (C=O) groups is 2. The average Bonchev–Trinajstić information content (AvgIpc) is 3.27. The van der Waals surface area contributed by atoms with E-state index in [1.807, 2.05) is 65.4 Å². The molecule has 1 aromatic heterocycles. The van der Waals surface area contributed by atoms with Crippen LogP contribution in [0.4, 0.5) is 0 Å². The summed E-state index contributed by atoms with van der Waals surface area (Å²) in [4.78, 5) is 24.1. The third-order valence-corrected chi connectivity index (χ3v) is 5.37. The van der Waals surface area contributed by atoms with Crippen molar-refractivity contribution in [2.24, 2.45) is 0 Å². The molecule has 2 heterocycles. The van der Waals surface area contributed by atoms with E-state index in [4.69, 9.17) is 14.6 Å². The van der Waals surface area contributed by atoms with Crippen LogP contribution in [0, 0.1) is 0 Å². The van der Waals surface area contributed by atoms with Crippen molar-refractivity contribution >= 4 is 17.8 Å². The number of fused-ring (bicyclic) bond motifs is 1. The zero-order valence-electron chi connectivity index (χ0n) is 17.9. The van der Waals surface area contributed by atoms with Gasteiger partial charge in [-0.25, -0.2) is 4.79 Å². The molecule has 6 heteroatoms. The number of carbonyl (C=O) groups excluding carboxylic acids is 1. The maximum absolute atomic E-state index is 13.1. The summed E-state index contributed by atoms with van der Waals surface area (Å²) in [6.45, 7) is 2.70. The molecule has 6 nitrogen and oxygen atoms in total. The molecule has 0 radical (unpaired) electrons. The van der Waals surface area contributed by atoms with Crippen molar-refractivity contribution in [3.05, 3.63) is 89.3 Å². The minimum absolute atomic E-state index is 0.0431. The smallest absolute Gasteiger partial charge is 0.344 e. The Morgan fingerprint density at radius 1 is 1.19 bits per heavy atom. The summed E-state index contributed by atoms with van der Waals surface area (Å²) in [5, 5.41) is 8.99. The van der Waals surface area contributed by atoms with Crippen LogP contribution < -0.4 is 9.47 Å². The van der Waals surface area contributed by atoms with E-state index in [1.165, 1.54) is 6.92 Å². The molecular weight excluding hydrogens is 406 g/mol. The van der Waals surface area contributed by atoms with Crippen molar-refractivity contribution in [2.45, 2.75) is 32.4 Å². The number of benzene rings is 2. The fraction of sp³-hybridized carbons (Fsp3) is 0.231. The molecule has 0 amide bonds. The summed E-state index contributed by atoms with van der Waals surface area (Å²) in [5.41, 5.74) is 3.26. The van der Waals surface area contributed by atoms with E-state index in [-0.39, 0.29) is 5.78 Å². The predicted molar refractivity (Wildman–Crippen MR) is 121 cm³/mol. The van der Waals surface area contributed by atoms with Gasteiger partial charge in [0.25, 0.3) is 0 Å². The van der Waals surface area contributed by atoms with Crippen LogP contribution in [-0.2, 0) is 17.8 Å². The van der Waals surface area contributed by atoms with Crippen LogP contribution in [0.1, 0.15) is 40.5 Å². The molecule has 4 rings (SSSR count). The first-order chi connectivity index (χ1) is 15.5. The van der Waals surface area contributed by atoms with Gasteiger partial charge in [-0.15, -0.1) is 0 Å². The molecule has 0 spiro atoms. The van der Waals surface area contributed by atoms with Gasteiger partial charge in [0, 0.05) is 18.3 Å². The molecule has 2 aromatic carbocycles. The quantitative estimate of drug-likeness (QED) is 0.527. The van der Waals surface area contributed by atoms with Gasteiger partial charge in [-0.3, -0.25) is 4.79 Å². The number of aryl methyl sites for hydroxylation is 1. The molecule has 1 atom stereocenters. The summed E-state index contributed by atoms with van der Waals surface area (Å²) in [6.07, 6.45) is 6.80. The largest absolute Gasteiger partial charge is 0.493 e. The van der Waals surface area contributed by atoms with Gasteiger partial charge in [0.2, 0.25) is 5.78 Å². The highest BCUT2D eigenvalue weighted by molar-refractivity contribution is 6.08. The molecule has 0 aliphatic carbocycles. The Bertz CT molecular complexity index is 1160. The van der Waals surface area contributed by atoms with Gasteiger partial charge in [0.15, 0.2) is 6.10 Å². The summed E-state index contributed by atoms with van der Waals surface area (Å²) >= 11 is 0. The SMILES string of the molecule is C[C@H](Oc1cccc(/C=C/Cn2cccc2C(=O)c2ccc3c(c2)OCCC3)c1)C(=O)O. The molecule has 164 valence electrons. The number of aliphatic carboxylic acids is 1. The number of hydrogen-bond donors (Lipinski definition) is 1. The fourth-order valence-electron chi connectivity index (χ4n) is 3.66. The maximum Gasteiger partial charge on any atom is 0.344 e. The molecule has 3 aromatic rings. The van der Waals surface area contributed by atoms with E-state index in [2.05, 4.69) is 0 Å². The number of nitrogens with zero attached hydrogens (tertiary/aromatic N) is 1. The van der Waals surface area contributed by atoms with Crippen LogP contribution in [-0.4, -0.2) is 34.1 Å². The number of aromatic nitrogens is 1. The lowest BCUT2D eigenvalue weighted by Crippen LogP contribution is -2.22. The van der Waals surface area contributed by atoms with Crippen LogP contribution in [0.3, 0.4) is 0 Å². The maximum atomic E-state index is 13.1. The zero-order valence-corrected chi connectivity index (χ0v) is 17.9. The van der Waals surface area contributed by atoms with E-state index >= 15 is 0 Å². The van der Waals surface area contributed by atoms with Gasteiger partial charge < -0.3 is 19.1 Å². The highest BCUT2D eigenvalue weighted by Gasteiger charge is 2.17. The van der Waals surface area contributed by atoms with Crippen molar-refractivity contribution in [1.82, 2.24) is 4.57 Å². The Morgan fingerprint density at radius 2 is 2.06 bits per heavy atom. The van der Waals surface area contributed by atoms with E-state index in [0.29, 0.717) is 30.2 Å². The fourth-order valence-corrected chi connectivity index (χ4v) is 3.66. The molecular formula is C26H25NO5. The average molecular weight is 431 g/mol. The molecule has 1 aliphatic heterocycles. The summed E-state index contributed by atoms with van der Waals surface area (Å²) in [5.74, 6) is 0.243. The standard InChI is InChI=1S/C26H25NO5/c1-18(26(29)30)32-22-9-2-6-19(16-22)7-3-13-27-14-4-10-23(27)25(28)21-12-11-20-8-5-15-31-24(20)17-21/h2-4,6-7,9-12,14,16-18H,5,8,13,15H2,1H3,(H,29,30)/b7-3+/t18-/m0/s1. The lowest BCUT2D eigenvalue weighted by molar-refractivity contribution is -0.144. The highest BCUT2D eigenvalue weighted by atomic mass is 16.5. The predicted octanol–water partition coefficient (Wildman–Crippen LogP) is 4.61. The van der Waals surface area contributed by atoms with Crippen LogP contribution >= 0.6 is 0 Å². The molecule has 0 fully saturated rings. The van der Waals surface area contributed by atoms with Crippen LogP contribution in [0.25, 0.3) is 6.08 Å². The van der Waals surface area contributed by atoms with Gasteiger partial charge in [-0.05, 0) is 61.2 Å². The molecule has 0 saturated carbocycles. The summed E-state index contributed by atoms with van der Waals surface area (Å²) in [6, 6.07) is 16.6. The van der Waals surface area contributed by atoms with E-state index < -0.39 is 12.1 Å². The zero-order chi connectivity index (χ0) is 22.5. The molecule has 32 heavy (non-hydrogen) atoms. The minimum Gasteiger partial charge on any atom is -0.493 e. The lowest BCUT2D eigenvalue weighted by Gasteiger charge is -2.17. The van der Waals surface area contributed by atoms with Gasteiger partial charge in [-0.2, -0.15) is 0 Å². The number of carboxylic acid groups (broad SMARTS) is 1. The van der Waals surface area contributed by atoms with Crippen LogP contribution in [0.15, 0.2) is 66.9 Å². The lowest BCUT2D eigenvalue weighted by atomic mass is 10.0. The Labute approximate surface area is 186 Å². The second-order valence-electron chi connectivity index (χ2n) is 7.72. The Morgan fingerprint density at radius 3 is 2.91 bits per heavy atom. The monoisotopic (exact) mass is 431 g/mol. The summed E-state index contributed by atoms with van der Waals surface area (Å²) in [7, 11) is 0. The molecule has 1 aliphatic rings. The first kappa shape index (κ1) is 21.4. The first-order valence-electron chi connectivity index (χ1n) is 10.6. The number of rotatable bonds is 8. The first-order valence-corrected chi connectivity index (χ1v) is 10.6. The van der Waals surface area contributed by atoms with Crippen molar-refractivity contribution in [3.63, 3.8) is 0 Å². The van der Waals surface area contributed by atoms with Gasteiger partial charge in [0.1, 0.15) is 11.5 Å². The van der Waals surface area contributed by atoms with Crippen LogP contribution in [0.2, 0.25) is 0 Å². The third kappa shape index (κ3) is 4.91. The van der Waals surface area contributed by atoms with E-state index in [1.54, 1.807) is 12.1 Å². The van der Waals surface area contributed by atoms with Gasteiger partial charge in [0.05, 0.1) is 12.3 Å². The molecule has 0 unspecified atom stereocenters. The normalized spacial score (nSPS) is 13.9. The number of hydrogen-bond acceptors (Lipinski definition) is 4. The molecule has 1 N–H and O–H groups in total. The second kappa shape index (κ2) is 9.56. The van der Waals surface area contributed by atoms with Crippen molar-refractivity contribution < 1.29 is 24.2 Å². The third-order valence-electron chi connectivity index (χ3n) is 5.37. The van der Waals surface area contributed by atoms with Crippen LogP contribution in [0.5, 0.6) is 11.5 Å². The Balaban J connectivity index is 1.45. The highest BCUT2D eigenvalue weighted by Crippen LogP contribution is 2.27. The van der Waals surface area contributed by atoms with E-state index in [9.17, 15) is 9.59 Å². The Kier molecular flexibility index (Phi) is 6.40. The number of carboxylic acids is 1. The topological polar surface area (TPSA) is 77.8 Å². The van der Waals surface area contributed by atoms with Crippen molar-refractivity contribution in [3.8, 4) is 11.5 Å². The second-order valence-corrected chi connectivity index (χ2v) is 7.72. The number of ether oxygens (including phenoxy) is 2. The van der Waals surface area contributed by atoms with Crippen molar-refractivity contribution in [1.29, 1.82) is 0 Å². The number of ketones is 1. The molecule has 0 bridgehead atoms. The molecule has 0 saturated heterocycles. The van der Waals surface area contributed by atoms with Gasteiger partial charge >= 0.3 is 5.97 Å². The minimum atomic E-state index is -1.01.